The number of carbonyl (C=O) groups is 2. The summed E-state index contributed by atoms with van der Waals surface area (Å²) >= 11 is 1.51. The summed E-state index contributed by atoms with van der Waals surface area (Å²) in [6.07, 6.45) is 0. The van der Waals surface area contributed by atoms with Crippen molar-refractivity contribution < 1.29 is 14.3 Å². The van der Waals surface area contributed by atoms with Gasteiger partial charge in [-0.25, -0.2) is 4.79 Å². The smallest absolute Gasteiger partial charge is 0.323 e. The van der Waals surface area contributed by atoms with Crippen LogP contribution in [-0.2, 0) is 16.2 Å². The Morgan fingerprint density at radius 3 is 2.67 bits per heavy atom. The van der Waals surface area contributed by atoms with Gasteiger partial charge in [0.2, 0.25) is 0 Å². The van der Waals surface area contributed by atoms with Gasteiger partial charge in [0.15, 0.2) is 4.87 Å². The predicted octanol–water partition coefficient (Wildman–Crippen LogP) is 4.98. The number of thioether (sulfide) groups is 1. The average Bonchev–Trinajstić information content (AvgIpc) is 3.37. The van der Waals surface area contributed by atoms with Crippen LogP contribution in [0.5, 0.6) is 5.75 Å². The Labute approximate surface area is 197 Å². The first kappa shape index (κ1) is 21.4. The highest BCUT2D eigenvalue weighted by atomic mass is 32.2. The van der Waals surface area contributed by atoms with Crippen molar-refractivity contribution in [3.05, 3.63) is 89.5 Å². The summed E-state index contributed by atoms with van der Waals surface area (Å²) in [5.41, 5.74) is 4.41. The standard InChI is InChI=1S/C26H25N3O3S/c1-18-7-6-10-20(15-18)27-25(31)29-13-14-33-26(29)22-16-21(32-2)11-12-23(22)28(24(26)30)17-19-8-4-3-5-9-19/h3-12,15-16H,13-14,17H2,1-2H3,(H,27,31)/t26-/m0/s1. The third-order valence-electron chi connectivity index (χ3n) is 6.10. The minimum absolute atomic E-state index is 0.100. The molecule has 2 heterocycles. The zero-order valence-corrected chi connectivity index (χ0v) is 19.4. The fraction of sp³-hybridized carbons (Fsp3) is 0.231. The lowest BCUT2D eigenvalue weighted by Crippen LogP contribution is -2.51. The number of benzene rings is 3. The highest BCUT2D eigenvalue weighted by Gasteiger charge is 2.59. The number of urea groups is 1. The first-order valence-electron chi connectivity index (χ1n) is 10.9. The van der Waals surface area contributed by atoms with Crippen molar-refractivity contribution in [3.63, 3.8) is 0 Å². The summed E-state index contributed by atoms with van der Waals surface area (Å²) in [6.45, 7) is 2.89. The Kier molecular flexibility index (Phi) is 5.50. The molecule has 2 aliphatic heterocycles. The number of carbonyl (C=O) groups excluding carboxylic acids is 2. The van der Waals surface area contributed by atoms with E-state index in [1.54, 1.807) is 16.9 Å². The van der Waals surface area contributed by atoms with Crippen molar-refractivity contribution in [1.29, 1.82) is 0 Å². The third kappa shape index (κ3) is 3.62. The first-order chi connectivity index (χ1) is 16.0. The van der Waals surface area contributed by atoms with Crippen molar-refractivity contribution >= 4 is 35.1 Å². The number of methoxy groups -OCH3 is 1. The van der Waals surface area contributed by atoms with Gasteiger partial charge in [-0.2, -0.15) is 0 Å². The quantitative estimate of drug-likeness (QED) is 0.598. The number of nitrogens with one attached hydrogen (secondary N) is 1. The van der Waals surface area contributed by atoms with Crippen LogP contribution in [-0.4, -0.2) is 36.2 Å². The van der Waals surface area contributed by atoms with Crippen LogP contribution in [0.4, 0.5) is 16.2 Å². The summed E-state index contributed by atoms with van der Waals surface area (Å²) in [5.74, 6) is 1.23. The molecule has 33 heavy (non-hydrogen) atoms. The first-order valence-corrected chi connectivity index (χ1v) is 11.8. The summed E-state index contributed by atoms with van der Waals surface area (Å²) in [7, 11) is 1.61. The number of fused-ring (bicyclic) bond motifs is 2. The van der Waals surface area contributed by atoms with Gasteiger partial charge in [0, 0.05) is 23.5 Å². The second-order valence-electron chi connectivity index (χ2n) is 8.20. The van der Waals surface area contributed by atoms with Gasteiger partial charge < -0.3 is 15.0 Å². The van der Waals surface area contributed by atoms with Gasteiger partial charge in [0.25, 0.3) is 5.91 Å². The van der Waals surface area contributed by atoms with Crippen molar-refractivity contribution in [2.45, 2.75) is 18.3 Å². The second-order valence-corrected chi connectivity index (χ2v) is 9.49. The topological polar surface area (TPSA) is 61.9 Å². The lowest BCUT2D eigenvalue weighted by molar-refractivity contribution is -0.123. The van der Waals surface area contributed by atoms with E-state index >= 15 is 0 Å². The van der Waals surface area contributed by atoms with E-state index in [0.29, 0.717) is 30.3 Å². The van der Waals surface area contributed by atoms with Gasteiger partial charge in [0.1, 0.15) is 5.75 Å². The molecule has 5 rings (SSSR count). The molecule has 0 saturated carbocycles. The van der Waals surface area contributed by atoms with Crippen molar-refractivity contribution in [2.24, 2.45) is 0 Å². The SMILES string of the molecule is COc1ccc2c(c1)[C@]1(SCCN1C(=O)Nc1cccc(C)c1)C(=O)N2Cc1ccccc1. The van der Waals surface area contributed by atoms with Gasteiger partial charge in [-0.15, -0.1) is 11.8 Å². The molecule has 3 amide bonds. The summed E-state index contributed by atoms with van der Waals surface area (Å²) in [5, 5.41) is 2.99. The molecule has 1 atom stereocenters. The summed E-state index contributed by atoms with van der Waals surface area (Å²) in [4.78, 5) is 29.9. The van der Waals surface area contributed by atoms with Gasteiger partial charge in [-0.05, 0) is 48.4 Å². The van der Waals surface area contributed by atoms with Crippen LogP contribution in [0.1, 0.15) is 16.7 Å². The minimum Gasteiger partial charge on any atom is -0.497 e. The highest BCUT2D eigenvalue weighted by Crippen LogP contribution is 2.55. The Morgan fingerprint density at radius 1 is 1.09 bits per heavy atom. The number of ether oxygens (including phenoxy) is 1. The van der Waals surface area contributed by atoms with E-state index < -0.39 is 4.87 Å². The number of nitrogens with zero attached hydrogens (tertiary/aromatic N) is 2. The largest absolute Gasteiger partial charge is 0.497 e. The van der Waals surface area contributed by atoms with Crippen LogP contribution in [0.2, 0.25) is 0 Å². The monoisotopic (exact) mass is 459 g/mol. The molecule has 0 radical (unpaired) electrons. The number of aryl methyl sites for hydroxylation is 1. The Balaban J connectivity index is 1.55. The van der Waals surface area contributed by atoms with Gasteiger partial charge >= 0.3 is 6.03 Å². The zero-order chi connectivity index (χ0) is 23.0. The summed E-state index contributed by atoms with van der Waals surface area (Å²) in [6, 6.07) is 22.9. The van der Waals surface area contributed by atoms with E-state index in [0.717, 1.165) is 22.4 Å². The molecule has 2 aliphatic rings. The summed E-state index contributed by atoms with van der Waals surface area (Å²) < 4.78 is 5.48. The van der Waals surface area contributed by atoms with Crippen LogP contribution < -0.4 is 15.0 Å². The highest BCUT2D eigenvalue weighted by molar-refractivity contribution is 8.01. The van der Waals surface area contributed by atoms with Crippen LogP contribution in [0.15, 0.2) is 72.8 Å². The maximum Gasteiger partial charge on any atom is 0.323 e. The molecular formula is C26H25N3O3S. The third-order valence-corrected chi connectivity index (χ3v) is 7.52. The van der Waals surface area contributed by atoms with E-state index in [-0.39, 0.29) is 11.9 Å². The molecule has 0 aliphatic carbocycles. The van der Waals surface area contributed by atoms with E-state index in [2.05, 4.69) is 5.32 Å². The number of rotatable bonds is 4. The molecule has 0 unspecified atom stereocenters. The van der Waals surface area contributed by atoms with Gasteiger partial charge in [0.05, 0.1) is 19.3 Å². The molecule has 0 bridgehead atoms. The predicted molar refractivity (Wildman–Crippen MR) is 132 cm³/mol. The number of hydrogen-bond acceptors (Lipinski definition) is 4. The maximum atomic E-state index is 14.1. The van der Waals surface area contributed by atoms with E-state index in [1.807, 2.05) is 79.7 Å². The maximum absolute atomic E-state index is 14.1. The van der Waals surface area contributed by atoms with E-state index in [4.69, 9.17) is 4.74 Å². The van der Waals surface area contributed by atoms with Crippen molar-refractivity contribution in [1.82, 2.24) is 4.90 Å². The number of amides is 3. The molecule has 7 heteroatoms. The fourth-order valence-electron chi connectivity index (χ4n) is 4.56. The molecule has 1 spiro atoms. The zero-order valence-electron chi connectivity index (χ0n) is 18.6. The van der Waals surface area contributed by atoms with Crippen LogP contribution in [0.3, 0.4) is 0 Å². The molecular weight excluding hydrogens is 434 g/mol. The molecule has 0 aromatic heterocycles. The van der Waals surface area contributed by atoms with Crippen LogP contribution >= 0.6 is 11.8 Å². The van der Waals surface area contributed by atoms with Crippen LogP contribution in [0, 0.1) is 6.92 Å². The molecule has 1 N–H and O–H groups in total. The molecule has 3 aromatic rings. The minimum atomic E-state index is -1.12. The van der Waals surface area contributed by atoms with E-state index in [9.17, 15) is 9.59 Å². The Bertz CT molecular complexity index is 1220. The number of hydrogen-bond donors (Lipinski definition) is 1. The Hall–Kier alpha value is -3.45. The molecule has 168 valence electrons. The lowest BCUT2D eigenvalue weighted by atomic mass is 10.1. The van der Waals surface area contributed by atoms with Gasteiger partial charge in [-0.3, -0.25) is 9.69 Å². The molecule has 1 saturated heterocycles. The van der Waals surface area contributed by atoms with E-state index in [1.165, 1.54) is 11.8 Å². The van der Waals surface area contributed by atoms with Crippen LogP contribution in [0.25, 0.3) is 0 Å². The normalized spacial score (nSPS) is 19.2. The van der Waals surface area contributed by atoms with Crippen molar-refractivity contribution in [3.8, 4) is 5.75 Å². The fourth-order valence-corrected chi connectivity index (χ4v) is 6.01. The lowest BCUT2D eigenvalue weighted by Gasteiger charge is -2.33. The number of anilines is 2. The van der Waals surface area contributed by atoms with Gasteiger partial charge in [-0.1, -0.05) is 42.5 Å². The second kappa shape index (κ2) is 8.48. The molecule has 1 fully saturated rings. The Morgan fingerprint density at radius 2 is 1.91 bits per heavy atom. The molecule has 3 aromatic carbocycles. The molecule has 6 nitrogen and oxygen atoms in total. The average molecular weight is 460 g/mol. The van der Waals surface area contributed by atoms with Crippen molar-refractivity contribution in [2.75, 3.05) is 29.6 Å².